The Bertz CT molecular complexity index is 577. The van der Waals surface area contributed by atoms with Crippen molar-refractivity contribution in [3.63, 3.8) is 0 Å². The van der Waals surface area contributed by atoms with Gasteiger partial charge in [0.25, 0.3) is 5.56 Å². The van der Waals surface area contributed by atoms with Crippen LogP contribution >= 0.6 is 0 Å². The predicted molar refractivity (Wildman–Crippen MR) is 72.2 cm³/mol. The fourth-order valence-corrected chi connectivity index (χ4v) is 2.65. The molecule has 1 aromatic heterocycles. The van der Waals surface area contributed by atoms with E-state index in [9.17, 15) is 19.5 Å². The Morgan fingerprint density at radius 1 is 1.40 bits per heavy atom. The van der Waals surface area contributed by atoms with E-state index in [1.165, 1.54) is 12.3 Å². The smallest absolute Gasteiger partial charge is 0.328 e. The number of carbonyl (C=O) groups excluding carboxylic acids is 1. The number of nitrogens with one attached hydrogen (secondary N) is 2. The SMILES string of the molecule is O=C(Cn1ccc(=O)[nH]c1=O)NCC1CCCC1CO. The zero-order chi connectivity index (χ0) is 14.5. The minimum Gasteiger partial charge on any atom is -0.396 e. The van der Waals surface area contributed by atoms with Crippen LogP contribution < -0.4 is 16.6 Å². The Labute approximate surface area is 115 Å². The maximum Gasteiger partial charge on any atom is 0.328 e. The molecular weight excluding hydrogens is 262 g/mol. The van der Waals surface area contributed by atoms with Crippen LogP contribution in [0.15, 0.2) is 21.9 Å². The zero-order valence-electron chi connectivity index (χ0n) is 11.2. The van der Waals surface area contributed by atoms with Gasteiger partial charge in [-0.15, -0.1) is 0 Å². The highest BCUT2D eigenvalue weighted by atomic mass is 16.3. The van der Waals surface area contributed by atoms with E-state index < -0.39 is 11.2 Å². The number of amides is 1. The van der Waals surface area contributed by atoms with Crippen molar-refractivity contribution in [3.05, 3.63) is 33.1 Å². The lowest BCUT2D eigenvalue weighted by Gasteiger charge is -2.17. The van der Waals surface area contributed by atoms with E-state index in [1.807, 2.05) is 0 Å². The van der Waals surface area contributed by atoms with Crippen molar-refractivity contribution in [2.75, 3.05) is 13.2 Å². The zero-order valence-corrected chi connectivity index (χ0v) is 11.2. The molecule has 2 unspecified atom stereocenters. The molecule has 3 N–H and O–H groups in total. The molecule has 1 heterocycles. The van der Waals surface area contributed by atoms with Gasteiger partial charge in [-0.25, -0.2) is 4.79 Å². The van der Waals surface area contributed by atoms with Gasteiger partial charge in [0.05, 0.1) is 0 Å². The lowest BCUT2D eigenvalue weighted by molar-refractivity contribution is -0.122. The molecule has 110 valence electrons. The molecule has 0 spiro atoms. The first-order valence-electron chi connectivity index (χ1n) is 6.77. The third-order valence-corrected chi connectivity index (χ3v) is 3.82. The van der Waals surface area contributed by atoms with Crippen molar-refractivity contribution < 1.29 is 9.90 Å². The first-order chi connectivity index (χ1) is 9.60. The first-order valence-corrected chi connectivity index (χ1v) is 6.77. The van der Waals surface area contributed by atoms with Crippen LogP contribution in [0.3, 0.4) is 0 Å². The fourth-order valence-electron chi connectivity index (χ4n) is 2.65. The number of hydrogen-bond acceptors (Lipinski definition) is 4. The molecule has 0 aliphatic heterocycles. The van der Waals surface area contributed by atoms with Gasteiger partial charge in [-0.3, -0.25) is 19.1 Å². The van der Waals surface area contributed by atoms with Crippen LogP contribution in [0.5, 0.6) is 0 Å². The maximum atomic E-state index is 11.8. The molecule has 1 aromatic rings. The van der Waals surface area contributed by atoms with Gasteiger partial charge in [0.15, 0.2) is 0 Å². The normalized spacial score (nSPS) is 21.9. The second-order valence-corrected chi connectivity index (χ2v) is 5.18. The average molecular weight is 281 g/mol. The number of rotatable bonds is 5. The van der Waals surface area contributed by atoms with Crippen LogP contribution in [0.2, 0.25) is 0 Å². The summed E-state index contributed by atoms with van der Waals surface area (Å²) >= 11 is 0. The lowest BCUT2D eigenvalue weighted by Crippen LogP contribution is -2.37. The van der Waals surface area contributed by atoms with Gasteiger partial charge in [-0.05, 0) is 24.7 Å². The number of aromatic amines is 1. The van der Waals surface area contributed by atoms with Gasteiger partial charge >= 0.3 is 5.69 Å². The van der Waals surface area contributed by atoms with Crippen LogP contribution in [0.25, 0.3) is 0 Å². The first kappa shape index (κ1) is 14.5. The van der Waals surface area contributed by atoms with Crippen molar-refractivity contribution in [2.24, 2.45) is 11.8 Å². The van der Waals surface area contributed by atoms with Gasteiger partial charge in [-0.2, -0.15) is 0 Å². The van der Waals surface area contributed by atoms with Gasteiger partial charge in [-0.1, -0.05) is 6.42 Å². The third kappa shape index (κ3) is 3.57. The molecular formula is C13H19N3O4. The molecule has 1 saturated carbocycles. The topological polar surface area (TPSA) is 104 Å². The molecule has 0 aromatic carbocycles. The third-order valence-electron chi connectivity index (χ3n) is 3.82. The fraction of sp³-hybridized carbons (Fsp3) is 0.615. The van der Waals surface area contributed by atoms with Crippen molar-refractivity contribution in [3.8, 4) is 0 Å². The summed E-state index contributed by atoms with van der Waals surface area (Å²) in [7, 11) is 0. The van der Waals surface area contributed by atoms with Crippen molar-refractivity contribution in [1.82, 2.24) is 14.9 Å². The highest BCUT2D eigenvalue weighted by molar-refractivity contribution is 5.75. The van der Waals surface area contributed by atoms with Crippen LogP contribution in [-0.2, 0) is 11.3 Å². The van der Waals surface area contributed by atoms with E-state index in [-0.39, 0.29) is 25.0 Å². The molecule has 0 radical (unpaired) electrons. The minimum atomic E-state index is -0.596. The van der Waals surface area contributed by atoms with Crippen molar-refractivity contribution in [2.45, 2.75) is 25.8 Å². The van der Waals surface area contributed by atoms with E-state index in [1.54, 1.807) is 0 Å². The largest absolute Gasteiger partial charge is 0.396 e. The Morgan fingerprint density at radius 3 is 2.85 bits per heavy atom. The van der Waals surface area contributed by atoms with E-state index in [4.69, 9.17) is 0 Å². The van der Waals surface area contributed by atoms with Crippen molar-refractivity contribution >= 4 is 5.91 Å². The highest BCUT2D eigenvalue weighted by Crippen LogP contribution is 2.30. The molecule has 1 aliphatic rings. The maximum absolute atomic E-state index is 11.8. The predicted octanol–water partition coefficient (Wildman–Crippen LogP) is -0.939. The number of nitrogens with zero attached hydrogens (tertiary/aromatic N) is 1. The van der Waals surface area contributed by atoms with E-state index in [0.29, 0.717) is 12.5 Å². The second-order valence-electron chi connectivity index (χ2n) is 5.18. The van der Waals surface area contributed by atoms with E-state index in [2.05, 4.69) is 10.3 Å². The summed E-state index contributed by atoms with van der Waals surface area (Å²) in [5.41, 5.74) is -1.08. The average Bonchev–Trinajstić information content (AvgIpc) is 2.87. The number of hydrogen-bond donors (Lipinski definition) is 3. The van der Waals surface area contributed by atoms with E-state index in [0.717, 1.165) is 23.8 Å². The lowest BCUT2D eigenvalue weighted by atomic mass is 9.97. The molecule has 0 bridgehead atoms. The van der Waals surface area contributed by atoms with Gasteiger partial charge in [0, 0.05) is 25.4 Å². The molecule has 2 rings (SSSR count). The highest BCUT2D eigenvalue weighted by Gasteiger charge is 2.26. The molecule has 20 heavy (non-hydrogen) atoms. The molecule has 7 heteroatoms. The summed E-state index contributed by atoms with van der Waals surface area (Å²) in [5.74, 6) is 0.282. The molecule has 1 aliphatic carbocycles. The molecule has 1 amide bonds. The Balaban J connectivity index is 1.86. The summed E-state index contributed by atoms with van der Waals surface area (Å²) in [6.07, 6.45) is 4.37. The van der Waals surface area contributed by atoms with Gasteiger partial charge in [0.1, 0.15) is 6.54 Å². The number of aliphatic hydroxyl groups excluding tert-OH is 1. The van der Waals surface area contributed by atoms with Crippen LogP contribution in [0.1, 0.15) is 19.3 Å². The summed E-state index contributed by atoms with van der Waals surface area (Å²) in [6.45, 7) is 0.550. The Morgan fingerprint density at radius 2 is 2.15 bits per heavy atom. The van der Waals surface area contributed by atoms with Crippen molar-refractivity contribution in [1.29, 1.82) is 0 Å². The molecule has 7 nitrogen and oxygen atoms in total. The summed E-state index contributed by atoms with van der Waals surface area (Å²) in [5, 5.41) is 12.0. The number of aromatic nitrogens is 2. The van der Waals surface area contributed by atoms with Gasteiger partial charge in [0.2, 0.25) is 5.91 Å². The molecule has 2 atom stereocenters. The Hall–Kier alpha value is -1.89. The molecule has 1 fully saturated rings. The second kappa shape index (κ2) is 6.51. The van der Waals surface area contributed by atoms with Gasteiger partial charge < -0.3 is 10.4 Å². The molecule has 0 saturated heterocycles. The standard InChI is InChI=1S/C13H19N3O4/c17-8-10-3-1-2-9(10)6-14-12(19)7-16-5-4-11(18)15-13(16)20/h4-5,9-10,17H,1-3,6-8H2,(H,14,19)(H,15,18,20). The quantitative estimate of drug-likeness (QED) is 0.648. The number of carbonyl (C=O) groups is 1. The number of H-pyrrole nitrogens is 1. The number of aliphatic hydroxyl groups is 1. The monoisotopic (exact) mass is 281 g/mol. The summed E-state index contributed by atoms with van der Waals surface area (Å²) in [6, 6.07) is 1.20. The van der Waals surface area contributed by atoms with Crippen LogP contribution in [0, 0.1) is 11.8 Å². The summed E-state index contributed by atoms with van der Waals surface area (Å²) in [4.78, 5) is 36.2. The minimum absolute atomic E-state index is 0.119. The summed E-state index contributed by atoms with van der Waals surface area (Å²) < 4.78 is 1.15. The van der Waals surface area contributed by atoms with Crippen LogP contribution in [-0.4, -0.2) is 33.7 Å². The van der Waals surface area contributed by atoms with E-state index >= 15 is 0 Å². The van der Waals surface area contributed by atoms with Crippen LogP contribution in [0.4, 0.5) is 0 Å². The Kier molecular flexibility index (Phi) is 4.73.